The number of hydrogen-bond donors (Lipinski definition) is 3. The van der Waals surface area contributed by atoms with Gasteiger partial charge in [0.25, 0.3) is 7.47 Å². The molecule has 3 rings (SSSR count). The van der Waals surface area contributed by atoms with E-state index in [1.165, 1.54) is 17.2 Å². The molecule has 2 radical (unpaired) electrons. The van der Waals surface area contributed by atoms with Gasteiger partial charge in [0.1, 0.15) is 17.9 Å². The summed E-state index contributed by atoms with van der Waals surface area (Å²) in [7, 11) is -4.81. The van der Waals surface area contributed by atoms with Crippen molar-refractivity contribution in [2.45, 2.75) is 38.4 Å². The van der Waals surface area contributed by atoms with Gasteiger partial charge in [-0.25, -0.2) is 23.8 Å². The molecule has 0 aliphatic carbocycles. The van der Waals surface area contributed by atoms with Gasteiger partial charge in [-0.3, -0.25) is 18.7 Å². The van der Waals surface area contributed by atoms with E-state index in [9.17, 15) is 18.7 Å². The number of nitrogens with zero attached hydrogens (tertiary/aromatic N) is 4. The number of nitrogens with two attached hydrogens (primary N) is 1. The molecule has 16 nitrogen and oxygen atoms in total. The first-order valence-electron chi connectivity index (χ1n) is 9.00. The van der Waals surface area contributed by atoms with Crippen molar-refractivity contribution in [2.75, 3.05) is 12.3 Å². The molecule has 0 spiro atoms. The van der Waals surface area contributed by atoms with Crippen LogP contribution in [0.15, 0.2) is 12.7 Å². The van der Waals surface area contributed by atoms with Crippen molar-refractivity contribution in [3.63, 3.8) is 0 Å². The summed E-state index contributed by atoms with van der Waals surface area (Å²) in [6.45, 7) is 1.46. The van der Waals surface area contributed by atoms with E-state index in [1.54, 1.807) is 0 Å². The fraction of sp³-hybridized carbons (Fsp3) is 0.500. The second-order valence-electron chi connectivity index (χ2n) is 6.70. The molecular weight excluding hydrogens is 487 g/mol. The van der Waals surface area contributed by atoms with E-state index < -0.39 is 58.4 Å². The minimum Gasteiger partial charge on any atom is -0.456 e. The van der Waals surface area contributed by atoms with Crippen LogP contribution in [0, 0.1) is 0 Å². The molecule has 0 amide bonds. The Balaban J connectivity index is 1.95. The topological polar surface area (TPSA) is 225 Å². The quantitative estimate of drug-likeness (QED) is 0.235. The summed E-state index contributed by atoms with van der Waals surface area (Å²) < 4.78 is 49.4. The first-order valence-corrected chi connectivity index (χ1v) is 12.1. The summed E-state index contributed by atoms with van der Waals surface area (Å²) in [6.07, 6.45) is -2.62. The van der Waals surface area contributed by atoms with Gasteiger partial charge in [0.2, 0.25) is 7.57 Å². The third-order valence-corrected chi connectivity index (χ3v) is 6.46. The fourth-order valence-electron chi connectivity index (χ4n) is 3.12. The van der Waals surface area contributed by atoms with Gasteiger partial charge in [0.15, 0.2) is 29.9 Å². The normalized spacial score (nSPS) is 25.0. The monoisotopic (exact) mass is 505 g/mol. The molecule has 33 heavy (non-hydrogen) atoms. The number of hydrogen-bond acceptors (Lipinski definition) is 13. The predicted octanol–water partition coefficient (Wildman–Crippen LogP) is -0.428. The molecule has 1 saturated heterocycles. The number of carbonyl (C=O) groups excluding carboxylic acids is 2. The third kappa shape index (κ3) is 6.15. The molecule has 0 aromatic carbocycles. The number of anilines is 1. The SMILES string of the molecule is [B]P(=O)(OC[C@H]1O[C@@H](n2cnc3c(N)ncnc32)[C@H](OC(C)=O)[C@@H]1OC(C)=O)OP(=O)(O)O. The first-order chi connectivity index (χ1) is 15.3. The highest BCUT2D eigenvalue weighted by Crippen LogP contribution is 2.57. The summed E-state index contributed by atoms with van der Waals surface area (Å²) in [5, 5.41) is 0. The summed E-state index contributed by atoms with van der Waals surface area (Å²) in [5.41, 5.74) is 6.20. The van der Waals surface area contributed by atoms with E-state index in [-0.39, 0.29) is 17.0 Å². The number of nitrogen functional groups attached to an aromatic ring is 1. The van der Waals surface area contributed by atoms with Crippen molar-refractivity contribution in [3.05, 3.63) is 12.7 Å². The van der Waals surface area contributed by atoms with Crippen molar-refractivity contribution in [1.82, 2.24) is 19.5 Å². The minimum atomic E-state index is -5.25. The van der Waals surface area contributed by atoms with Crippen LogP contribution in [-0.4, -0.2) is 73.7 Å². The van der Waals surface area contributed by atoms with Crippen LogP contribution in [0.1, 0.15) is 20.1 Å². The number of imidazole rings is 1. The van der Waals surface area contributed by atoms with E-state index in [1.807, 2.05) is 0 Å². The molecule has 4 N–H and O–H groups in total. The summed E-state index contributed by atoms with van der Waals surface area (Å²) in [5.74, 6) is -1.47. The van der Waals surface area contributed by atoms with Gasteiger partial charge < -0.3 is 34.3 Å². The van der Waals surface area contributed by atoms with Crippen LogP contribution in [0.4, 0.5) is 5.82 Å². The maximum Gasteiger partial charge on any atom is 0.476 e. The standard InChI is InChI=1S/C14H18BN5O11P2/c1-6(21)28-10-8(3-27-32(15,23)31-33(24,25)26)30-14(11(10)29-7(2)22)20-5-19-9-12(16)17-4-18-13(9)20/h4-5,8,10-11,14H,3H2,1-2H3,(H2,16,17,18)(H2,24,25,26)/t8-,10-,11-,14-,32?/m1/s1. The molecular formula is C14H18BN5O11P2. The summed E-state index contributed by atoms with van der Waals surface area (Å²) >= 11 is 0. The van der Waals surface area contributed by atoms with E-state index >= 15 is 0 Å². The Labute approximate surface area is 186 Å². The van der Waals surface area contributed by atoms with Gasteiger partial charge in [-0.2, -0.15) is 0 Å². The highest BCUT2D eigenvalue weighted by Gasteiger charge is 2.51. The molecule has 0 saturated carbocycles. The van der Waals surface area contributed by atoms with Crippen LogP contribution in [0.2, 0.25) is 0 Å². The summed E-state index contributed by atoms with van der Waals surface area (Å²) in [4.78, 5) is 53.1. The van der Waals surface area contributed by atoms with E-state index in [0.717, 1.165) is 13.8 Å². The van der Waals surface area contributed by atoms with Crippen LogP contribution in [-0.2, 0) is 41.8 Å². The molecule has 2 aromatic rings. The molecule has 1 aliphatic rings. The van der Waals surface area contributed by atoms with Gasteiger partial charge >= 0.3 is 19.8 Å². The van der Waals surface area contributed by atoms with Gasteiger partial charge in [0.05, 0.1) is 12.9 Å². The van der Waals surface area contributed by atoms with Gasteiger partial charge in [0, 0.05) is 13.8 Å². The lowest BCUT2D eigenvalue weighted by molar-refractivity contribution is -0.165. The number of ether oxygens (including phenoxy) is 3. The van der Waals surface area contributed by atoms with Crippen LogP contribution in [0.25, 0.3) is 11.2 Å². The van der Waals surface area contributed by atoms with Crippen molar-refractivity contribution in [3.8, 4) is 0 Å². The molecule has 2 aromatic heterocycles. The molecule has 1 fully saturated rings. The largest absolute Gasteiger partial charge is 0.476 e. The zero-order valence-corrected chi connectivity index (χ0v) is 18.9. The number of esters is 2. The average Bonchev–Trinajstić information content (AvgIpc) is 3.21. The number of aromatic nitrogens is 4. The van der Waals surface area contributed by atoms with Gasteiger partial charge in [-0.15, -0.1) is 0 Å². The molecule has 19 heteroatoms. The average molecular weight is 505 g/mol. The lowest BCUT2D eigenvalue weighted by Gasteiger charge is -2.24. The van der Waals surface area contributed by atoms with Crippen LogP contribution >= 0.6 is 15.3 Å². The zero-order valence-electron chi connectivity index (χ0n) is 17.1. The zero-order chi connectivity index (χ0) is 24.6. The van der Waals surface area contributed by atoms with E-state index in [0.29, 0.717) is 0 Å². The molecule has 1 unspecified atom stereocenters. The van der Waals surface area contributed by atoms with Gasteiger partial charge in [-0.05, 0) is 0 Å². The van der Waals surface area contributed by atoms with Crippen molar-refractivity contribution < 1.29 is 51.6 Å². The Bertz CT molecular complexity index is 1160. The highest BCUT2D eigenvalue weighted by atomic mass is 31.3. The number of fused-ring (bicyclic) bond motifs is 1. The number of carbonyl (C=O) groups is 2. The number of rotatable bonds is 8. The van der Waals surface area contributed by atoms with Crippen molar-refractivity contribution in [2.24, 2.45) is 0 Å². The molecule has 178 valence electrons. The summed E-state index contributed by atoms with van der Waals surface area (Å²) in [6, 6.07) is 0. The van der Waals surface area contributed by atoms with Gasteiger partial charge in [-0.1, -0.05) is 0 Å². The van der Waals surface area contributed by atoms with Crippen LogP contribution < -0.4 is 5.73 Å². The first kappa shape index (κ1) is 25.2. The highest BCUT2D eigenvalue weighted by molar-refractivity contribution is 7.83. The van der Waals surface area contributed by atoms with Crippen LogP contribution in [0.5, 0.6) is 0 Å². The number of phosphoric acid groups is 1. The second-order valence-corrected chi connectivity index (χ2v) is 9.68. The Kier molecular flexibility index (Phi) is 7.24. The Morgan fingerprint density at radius 1 is 1.18 bits per heavy atom. The third-order valence-electron chi connectivity index (χ3n) is 4.19. The Morgan fingerprint density at radius 2 is 1.82 bits per heavy atom. The molecule has 0 bridgehead atoms. The van der Waals surface area contributed by atoms with Crippen molar-refractivity contribution in [1.29, 1.82) is 0 Å². The molecule has 5 atom stereocenters. The lowest BCUT2D eigenvalue weighted by Crippen LogP contribution is -2.40. The fourth-order valence-corrected chi connectivity index (χ4v) is 4.85. The predicted molar refractivity (Wildman–Crippen MR) is 107 cm³/mol. The molecule has 1 aliphatic heterocycles. The Hall–Kier alpha value is -2.39. The van der Waals surface area contributed by atoms with E-state index in [2.05, 4.69) is 19.3 Å². The minimum absolute atomic E-state index is 0.0656. The van der Waals surface area contributed by atoms with Crippen LogP contribution in [0.3, 0.4) is 0 Å². The maximum absolute atomic E-state index is 12.0. The second kappa shape index (κ2) is 9.47. The Morgan fingerprint density at radius 3 is 2.42 bits per heavy atom. The maximum atomic E-state index is 12.0. The van der Waals surface area contributed by atoms with E-state index in [4.69, 9.17) is 41.8 Å². The molecule has 3 heterocycles. The van der Waals surface area contributed by atoms with Crippen molar-refractivity contribution >= 4 is 51.8 Å². The smallest absolute Gasteiger partial charge is 0.456 e. The lowest BCUT2D eigenvalue weighted by atomic mass is 10.1.